The fraction of sp³-hybridized carbons (Fsp3) is 0.0556. The van der Waals surface area contributed by atoms with E-state index in [0.717, 1.165) is 28.6 Å². The number of phenolic OH excluding ortho intramolecular Hbond substituents is 1. The smallest absolute Gasteiger partial charge is 0.296 e. The number of hydrogen-bond acceptors (Lipinski definition) is 9. The van der Waals surface area contributed by atoms with Gasteiger partial charge >= 0.3 is 0 Å². The minimum atomic E-state index is -5.19. The van der Waals surface area contributed by atoms with E-state index in [4.69, 9.17) is 0 Å². The summed E-state index contributed by atoms with van der Waals surface area (Å²) in [6, 6.07) is 29.8. The van der Waals surface area contributed by atoms with E-state index in [-0.39, 0.29) is 82.0 Å². The minimum Gasteiger partial charge on any atom is -0.505 e. The van der Waals surface area contributed by atoms with Crippen LogP contribution in [0.5, 0.6) is 5.75 Å². The molecule has 0 fully saturated rings. The zero-order valence-electron chi connectivity index (χ0n) is 28.6. The first-order valence-electron chi connectivity index (χ1n) is 15.2. The van der Waals surface area contributed by atoms with Crippen LogP contribution in [-0.2, 0) is 20.2 Å². The van der Waals surface area contributed by atoms with Crippen LogP contribution in [0, 0.1) is 0 Å². The van der Waals surface area contributed by atoms with Crippen LogP contribution < -0.4 is 10.2 Å². The summed E-state index contributed by atoms with van der Waals surface area (Å²) in [6.07, 6.45) is 0. The molecule has 13 nitrogen and oxygen atoms in total. The Balaban J connectivity index is 0.00000314. The van der Waals surface area contributed by atoms with Gasteiger partial charge in [0.15, 0.2) is 5.75 Å². The van der Waals surface area contributed by atoms with Gasteiger partial charge in [-0.3, -0.25) is 18.7 Å². The average molecular weight is 771 g/mol. The molecule has 0 atom stereocenters. The van der Waals surface area contributed by atoms with E-state index < -0.39 is 58.1 Å². The van der Waals surface area contributed by atoms with Crippen LogP contribution in [0.15, 0.2) is 135 Å². The van der Waals surface area contributed by atoms with E-state index in [9.17, 15) is 40.6 Å². The predicted octanol–water partition coefficient (Wildman–Crippen LogP) is 6.76. The van der Waals surface area contributed by atoms with Crippen molar-refractivity contribution in [3.63, 3.8) is 0 Å². The molecule has 0 aromatic heterocycles. The molecule has 17 heteroatoms. The van der Waals surface area contributed by atoms with Crippen molar-refractivity contribution in [2.24, 2.45) is 10.2 Å². The first-order valence-corrected chi connectivity index (χ1v) is 18.1. The Morgan fingerprint density at radius 2 is 1.32 bits per heavy atom. The fourth-order valence-corrected chi connectivity index (χ4v) is 6.97. The standard InChI is InChI=1S/C36H28N4O9S2.2Na/c1-2-40(29-14-8-12-22-9-6-7-13-26(22)29)36(43)24-15-17-25(18-16-24)38-39-33-31(51(47,48)49)21-27-30(50(44,45)46)20-19-28(32(27)34(33)41)37-35(42)23-10-4-3-5-11-23;;/h3-21,41H,2H2,1H3,(H,37,42)(H,44,45,46)(H,47,48,49);;. The van der Waals surface area contributed by atoms with E-state index in [1.165, 1.54) is 36.4 Å². The van der Waals surface area contributed by atoms with Gasteiger partial charge in [-0.25, -0.2) is 0 Å². The molecule has 0 spiro atoms. The Labute approximate surface area is 348 Å². The van der Waals surface area contributed by atoms with Crippen molar-refractivity contribution in [2.45, 2.75) is 16.7 Å². The summed E-state index contributed by atoms with van der Waals surface area (Å²) in [6.45, 7) is 2.23. The number of benzene rings is 6. The van der Waals surface area contributed by atoms with Crippen molar-refractivity contribution in [1.82, 2.24) is 0 Å². The topological polar surface area (TPSA) is 203 Å². The zero-order chi connectivity index (χ0) is 36.5. The van der Waals surface area contributed by atoms with Crippen molar-refractivity contribution >= 4 is 135 Å². The molecule has 0 bridgehead atoms. The Bertz CT molecular complexity index is 2600. The van der Waals surface area contributed by atoms with Crippen LogP contribution in [0.25, 0.3) is 21.5 Å². The SMILES string of the molecule is CCN(C(=O)c1ccc(N=Nc2c(S(=O)(=O)O)cc3c(S(=O)(=O)O)ccc(NC(=O)c4ccccc4)c3c2O)cc1)c1cccc2ccccc12.[Na].[Na]. The molecule has 0 unspecified atom stereocenters. The number of rotatable bonds is 9. The third-order valence-corrected chi connectivity index (χ3v) is 9.79. The number of hydrogen-bond donors (Lipinski definition) is 4. The quantitative estimate of drug-likeness (QED) is 0.0696. The van der Waals surface area contributed by atoms with Crippen molar-refractivity contribution in [3.8, 4) is 5.75 Å². The van der Waals surface area contributed by atoms with Crippen LogP contribution in [0.2, 0.25) is 0 Å². The van der Waals surface area contributed by atoms with Gasteiger partial charge in [0.1, 0.15) is 15.5 Å². The van der Waals surface area contributed by atoms with Gasteiger partial charge in [-0.1, -0.05) is 54.6 Å². The molecular formula is C36H28N4Na2O9S2. The van der Waals surface area contributed by atoms with Crippen LogP contribution in [0.4, 0.5) is 22.7 Å². The van der Waals surface area contributed by atoms with Crippen molar-refractivity contribution in [2.75, 3.05) is 16.8 Å². The van der Waals surface area contributed by atoms with Gasteiger partial charge in [0.2, 0.25) is 0 Å². The summed E-state index contributed by atoms with van der Waals surface area (Å²) in [5.74, 6) is -1.93. The minimum absolute atomic E-state index is 0. The third-order valence-electron chi connectivity index (χ3n) is 8.01. The Kier molecular flexibility index (Phi) is 13.4. The van der Waals surface area contributed by atoms with Crippen molar-refractivity contribution in [3.05, 3.63) is 126 Å². The molecule has 0 aliphatic rings. The number of anilines is 2. The maximum Gasteiger partial charge on any atom is 0.296 e. The second kappa shape index (κ2) is 17.0. The van der Waals surface area contributed by atoms with Gasteiger partial charge in [0, 0.05) is 87.6 Å². The van der Waals surface area contributed by atoms with Gasteiger partial charge in [-0.05, 0) is 73.0 Å². The Morgan fingerprint density at radius 1 is 0.698 bits per heavy atom. The number of fused-ring (bicyclic) bond motifs is 2. The number of carbonyl (C=O) groups is 2. The molecule has 6 rings (SSSR count). The molecule has 0 saturated carbocycles. The second-order valence-corrected chi connectivity index (χ2v) is 14.0. The van der Waals surface area contributed by atoms with E-state index in [0.29, 0.717) is 18.2 Å². The first kappa shape index (κ1) is 41.8. The fourth-order valence-electron chi connectivity index (χ4n) is 5.64. The molecule has 0 aliphatic carbocycles. The van der Waals surface area contributed by atoms with Gasteiger partial charge in [-0.15, -0.1) is 5.11 Å². The summed E-state index contributed by atoms with van der Waals surface area (Å²) in [5.41, 5.74) is 0.403. The molecule has 53 heavy (non-hydrogen) atoms. The number of carbonyl (C=O) groups excluding carboxylic acids is 2. The summed E-state index contributed by atoms with van der Waals surface area (Å²) in [7, 11) is -10.2. The Hall–Kier alpha value is -4.00. The summed E-state index contributed by atoms with van der Waals surface area (Å²) in [4.78, 5) is 26.3. The molecule has 0 heterocycles. The van der Waals surface area contributed by atoms with E-state index >= 15 is 0 Å². The van der Waals surface area contributed by atoms with Gasteiger partial charge in [0.05, 0.1) is 22.4 Å². The molecule has 6 aromatic carbocycles. The zero-order valence-corrected chi connectivity index (χ0v) is 34.3. The first-order chi connectivity index (χ1) is 24.3. The van der Waals surface area contributed by atoms with Crippen LogP contribution in [0.1, 0.15) is 27.6 Å². The molecule has 260 valence electrons. The number of nitrogens with one attached hydrogen (secondary N) is 1. The molecule has 4 N–H and O–H groups in total. The molecular weight excluding hydrogens is 743 g/mol. The molecule has 2 amide bonds. The number of phenols is 1. The average Bonchev–Trinajstić information content (AvgIpc) is 3.11. The molecule has 0 saturated heterocycles. The van der Waals surface area contributed by atoms with Crippen LogP contribution in [-0.4, -0.2) is 109 Å². The third kappa shape index (κ3) is 8.87. The summed E-state index contributed by atoms with van der Waals surface area (Å²) >= 11 is 0. The maximum absolute atomic E-state index is 13.6. The van der Waals surface area contributed by atoms with Crippen LogP contribution >= 0.6 is 0 Å². The van der Waals surface area contributed by atoms with Gasteiger partial charge in [-0.2, -0.15) is 21.9 Å². The monoisotopic (exact) mass is 770 g/mol. The van der Waals surface area contributed by atoms with Crippen LogP contribution in [0.3, 0.4) is 0 Å². The summed E-state index contributed by atoms with van der Waals surface area (Å²) < 4.78 is 69.5. The normalized spacial score (nSPS) is 11.5. The molecule has 6 aromatic rings. The molecule has 2 radical (unpaired) electrons. The second-order valence-electron chi connectivity index (χ2n) is 11.2. The van der Waals surface area contributed by atoms with Gasteiger partial charge in [0.25, 0.3) is 32.1 Å². The molecule has 0 aliphatic heterocycles. The van der Waals surface area contributed by atoms with Crippen molar-refractivity contribution in [1.29, 1.82) is 0 Å². The number of aromatic hydroxyl groups is 1. The summed E-state index contributed by atoms with van der Waals surface area (Å²) in [5, 5.41) is 22.8. The largest absolute Gasteiger partial charge is 0.505 e. The maximum atomic E-state index is 13.6. The Morgan fingerprint density at radius 3 is 1.96 bits per heavy atom. The number of nitrogens with zero attached hydrogens (tertiary/aromatic N) is 3. The van der Waals surface area contributed by atoms with Gasteiger partial charge < -0.3 is 15.3 Å². The number of amides is 2. The number of azo groups is 1. The predicted molar refractivity (Wildman–Crippen MR) is 203 cm³/mol. The van der Waals surface area contributed by atoms with E-state index in [1.807, 2.05) is 49.4 Å². The van der Waals surface area contributed by atoms with E-state index in [2.05, 4.69) is 15.5 Å². The van der Waals surface area contributed by atoms with E-state index in [1.54, 1.807) is 23.1 Å². The van der Waals surface area contributed by atoms with Crippen molar-refractivity contribution < 1.29 is 40.6 Å².